The maximum atomic E-state index is 12.3. The highest BCUT2D eigenvalue weighted by atomic mass is 35.5. The highest BCUT2D eigenvalue weighted by Crippen LogP contribution is 2.36. The number of amides is 1. The number of carbonyl (C=O) groups is 2. The van der Waals surface area contributed by atoms with E-state index in [0.717, 1.165) is 24.8 Å². The Balaban J connectivity index is 0.000000837. The molecule has 1 heterocycles. The fourth-order valence-electron chi connectivity index (χ4n) is 2.95. The van der Waals surface area contributed by atoms with Gasteiger partial charge < -0.3 is 10.4 Å². The van der Waals surface area contributed by atoms with E-state index in [-0.39, 0.29) is 11.5 Å². The number of carboxylic acids is 1. The lowest BCUT2D eigenvalue weighted by molar-refractivity contribution is -0.116. The number of aromatic carboxylic acids is 1. The zero-order chi connectivity index (χ0) is 23.5. The van der Waals surface area contributed by atoms with Crippen molar-refractivity contribution in [3.63, 3.8) is 0 Å². The third-order valence-electron chi connectivity index (χ3n) is 4.35. The van der Waals surface area contributed by atoms with Crippen LogP contribution in [0.2, 0.25) is 5.02 Å². The Hall–Kier alpha value is -2.60. The Kier molecular flexibility index (Phi) is 10.5. The first-order valence-electron chi connectivity index (χ1n) is 10.0. The first-order valence-corrected chi connectivity index (χ1v) is 11.7. The van der Waals surface area contributed by atoms with Crippen LogP contribution in [-0.4, -0.2) is 17.0 Å². The number of nitrogens with one attached hydrogen (secondary N) is 1. The van der Waals surface area contributed by atoms with Crippen molar-refractivity contribution in [2.75, 3.05) is 5.32 Å². The molecule has 0 bridgehead atoms. The van der Waals surface area contributed by atoms with E-state index in [2.05, 4.69) is 24.0 Å². The minimum absolute atomic E-state index is 0.116. The topological polar surface area (TPSA) is 66.4 Å². The summed E-state index contributed by atoms with van der Waals surface area (Å²) >= 11 is 12.3. The number of thiophene rings is 1. The van der Waals surface area contributed by atoms with Crippen LogP contribution in [-0.2, 0) is 11.2 Å². The predicted octanol–water partition coefficient (Wildman–Crippen LogP) is 7.88. The smallest absolute Gasteiger partial charge is 0.339 e. The van der Waals surface area contributed by atoms with Crippen LogP contribution in [0.1, 0.15) is 42.1 Å². The number of aryl methyl sites for hydroxylation is 1. The highest BCUT2D eigenvalue weighted by Gasteiger charge is 2.21. The lowest BCUT2D eigenvalue weighted by Gasteiger charge is -2.07. The van der Waals surface area contributed by atoms with Crippen LogP contribution in [0.5, 0.6) is 0 Å². The highest BCUT2D eigenvalue weighted by molar-refractivity contribution is 7.14. The standard InChI is InChI=1S/C22H20ClNO3S.C3H5Cl/c23-17-12-10-16(11-13-17)21-20(22(26)27)18(14-28-21)24-19(25)9-5-4-8-15-6-2-1-3-7-15;1-3(2)4/h1-3,6-7,10-14H,4-5,8-9H2,(H,24,25)(H,26,27);1H2,2H3. The SMILES string of the molecule is C=C(C)Cl.O=C(CCCCc1ccccc1)Nc1csc(-c2ccc(Cl)cc2)c1C(=O)O. The van der Waals surface area contributed by atoms with Crippen LogP contribution >= 0.6 is 34.5 Å². The van der Waals surface area contributed by atoms with Crippen LogP contribution in [0, 0.1) is 0 Å². The minimum Gasteiger partial charge on any atom is -0.478 e. The van der Waals surface area contributed by atoms with Crippen molar-refractivity contribution in [3.05, 3.63) is 87.7 Å². The molecule has 3 aromatic rings. The molecule has 2 N–H and O–H groups in total. The second kappa shape index (κ2) is 13.1. The van der Waals surface area contributed by atoms with Crippen LogP contribution in [0.25, 0.3) is 10.4 Å². The third kappa shape index (κ3) is 8.50. The van der Waals surface area contributed by atoms with E-state index < -0.39 is 5.97 Å². The lowest BCUT2D eigenvalue weighted by atomic mass is 10.1. The quantitative estimate of drug-likeness (QED) is 0.316. The van der Waals surface area contributed by atoms with Gasteiger partial charge in [0.1, 0.15) is 5.56 Å². The van der Waals surface area contributed by atoms with Crippen molar-refractivity contribution in [2.24, 2.45) is 0 Å². The molecular formula is C25H25Cl2NO3S. The number of unbranched alkanes of at least 4 members (excludes halogenated alkanes) is 1. The maximum Gasteiger partial charge on any atom is 0.339 e. The Morgan fingerprint density at radius 1 is 1.06 bits per heavy atom. The lowest BCUT2D eigenvalue weighted by Crippen LogP contribution is -2.13. The summed E-state index contributed by atoms with van der Waals surface area (Å²) in [5.41, 5.74) is 2.47. The van der Waals surface area contributed by atoms with Gasteiger partial charge in [-0.1, -0.05) is 72.2 Å². The molecule has 0 unspecified atom stereocenters. The summed E-state index contributed by atoms with van der Waals surface area (Å²) in [6.07, 6.45) is 2.94. The monoisotopic (exact) mass is 489 g/mol. The van der Waals surface area contributed by atoms with Crippen molar-refractivity contribution in [3.8, 4) is 10.4 Å². The molecule has 168 valence electrons. The molecule has 1 aromatic heterocycles. The first kappa shape index (κ1) is 25.7. The molecule has 0 fully saturated rings. The molecule has 7 heteroatoms. The van der Waals surface area contributed by atoms with Gasteiger partial charge in [-0.25, -0.2) is 4.79 Å². The van der Waals surface area contributed by atoms with E-state index in [1.165, 1.54) is 16.9 Å². The number of benzene rings is 2. The maximum absolute atomic E-state index is 12.3. The molecule has 0 atom stereocenters. The van der Waals surface area contributed by atoms with Gasteiger partial charge in [0.15, 0.2) is 0 Å². The number of hydrogen-bond donors (Lipinski definition) is 2. The van der Waals surface area contributed by atoms with Gasteiger partial charge in [0, 0.05) is 21.9 Å². The Labute approximate surface area is 202 Å². The Morgan fingerprint density at radius 2 is 1.69 bits per heavy atom. The fourth-order valence-corrected chi connectivity index (χ4v) is 4.07. The van der Waals surface area contributed by atoms with Crippen molar-refractivity contribution in [1.82, 2.24) is 0 Å². The van der Waals surface area contributed by atoms with E-state index in [4.69, 9.17) is 23.2 Å². The van der Waals surface area contributed by atoms with E-state index in [1.54, 1.807) is 36.6 Å². The van der Waals surface area contributed by atoms with E-state index >= 15 is 0 Å². The third-order valence-corrected chi connectivity index (χ3v) is 5.63. The van der Waals surface area contributed by atoms with Crippen molar-refractivity contribution in [1.29, 1.82) is 0 Å². The predicted molar refractivity (Wildman–Crippen MR) is 135 cm³/mol. The molecule has 0 aliphatic heterocycles. The summed E-state index contributed by atoms with van der Waals surface area (Å²) in [6.45, 7) is 5.06. The van der Waals surface area contributed by atoms with Gasteiger partial charge >= 0.3 is 5.97 Å². The number of halogens is 2. The molecule has 4 nitrogen and oxygen atoms in total. The summed E-state index contributed by atoms with van der Waals surface area (Å²) < 4.78 is 0. The van der Waals surface area contributed by atoms with Crippen molar-refractivity contribution < 1.29 is 14.7 Å². The zero-order valence-electron chi connectivity index (χ0n) is 17.7. The molecule has 1 amide bonds. The zero-order valence-corrected chi connectivity index (χ0v) is 20.1. The Bertz CT molecular complexity index is 1040. The number of allylic oxidation sites excluding steroid dienone is 1. The van der Waals surface area contributed by atoms with Gasteiger partial charge in [-0.3, -0.25) is 4.79 Å². The molecule has 0 aliphatic rings. The first-order chi connectivity index (χ1) is 15.3. The molecule has 0 saturated heterocycles. The number of carbonyl (C=O) groups excluding carboxylic acids is 1. The summed E-state index contributed by atoms with van der Waals surface area (Å²) in [7, 11) is 0. The summed E-state index contributed by atoms with van der Waals surface area (Å²) in [5.74, 6) is -1.23. The van der Waals surface area contributed by atoms with Gasteiger partial charge in [-0.15, -0.1) is 11.3 Å². The van der Waals surface area contributed by atoms with E-state index in [0.29, 0.717) is 27.0 Å². The van der Waals surface area contributed by atoms with Crippen LogP contribution in [0.3, 0.4) is 0 Å². The van der Waals surface area contributed by atoms with Gasteiger partial charge in [0.05, 0.1) is 10.6 Å². The summed E-state index contributed by atoms with van der Waals surface area (Å²) in [6, 6.07) is 17.1. The fraction of sp³-hybridized carbons (Fsp3) is 0.200. The van der Waals surface area contributed by atoms with E-state index in [1.807, 2.05) is 18.2 Å². The van der Waals surface area contributed by atoms with E-state index in [9.17, 15) is 14.7 Å². The van der Waals surface area contributed by atoms with Gasteiger partial charge in [-0.05, 0) is 49.4 Å². The largest absolute Gasteiger partial charge is 0.478 e. The van der Waals surface area contributed by atoms with Crippen molar-refractivity contribution in [2.45, 2.75) is 32.6 Å². The number of carboxylic acid groups (broad SMARTS) is 1. The van der Waals surface area contributed by atoms with Crippen molar-refractivity contribution >= 4 is 52.1 Å². The molecule has 32 heavy (non-hydrogen) atoms. The average Bonchev–Trinajstić information content (AvgIpc) is 3.16. The molecule has 0 saturated carbocycles. The normalized spacial score (nSPS) is 10.1. The second-order valence-corrected chi connectivity index (χ2v) is 9.04. The summed E-state index contributed by atoms with van der Waals surface area (Å²) in [5, 5.41) is 15.3. The minimum atomic E-state index is -1.06. The molecule has 0 spiro atoms. The second-order valence-electron chi connectivity index (χ2n) is 7.08. The number of anilines is 1. The molecule has 0 aliphatic carbocycles. The van der Waals surface area contributed by atoms with Crippen LogP contribution in [0.4, 0.5) is 5.69 Å². The van der Waals surface area contributed by atoms with Crippen LogP contribution in [0.15, 0.2) is 71.6 Å². The van der Waals surface area contributed by atoms with Gasteiger partial charge in [0.2, 0.25) is 5.91 Å². The Morgan fingerprint density at radius 3 is 2.28 bits per heavy atom. The van der Waals surface area contributed by atoms with Crippen LogP contribution < -0.4 is 5.32 Å². The average molecular weight is 490 g/mol. The molecule has 2 aromatic carbocycles. The van der Waals surface area contributed by atoms with Gasteiger partial charge in [0.25, 0.3) is 0 Å². The molecule has 0 radical (unpaired) electrons. The molecular weight excluding hydrogens is 465 g/mol. The summed E-state index contributed by atoms with van der Waals surface area (Å²) in [4.78, 5) is 24.6. The number of hydrogen-bond acceptors (Lipinski definition) is 3. The number of rotatable bonds is 8. The molecule has 3 rings (SSSR count). The van der Waals surface area contributed by atoms with Gasteiger partial charge in [-0.2, -0.15) is 0 Å².